The quantitative estimate of drug-likeness (QED) is 0.815. The summed E-state index contributed by atoms with van der Waals surface area (Å²) in [6.45, 7) is 0. The van der Waals surface area contributed by atoms with Crippen molar-refractivity contribution in [2.24, 2.45) is 11.8 Å². The maximum Gasteiger partial charge on any atom is 0.171 e. The van der Waals surface area contributed by atoms with Gasteiger partial charge in [-0.25, -0.2) is 0 Å². The van der Waals surface area contributed by atoms with Gasteiger partial charge in [-0.15, -0.1) is 0 Å². The molecule has 4 nitrogen and oxygen atoms in total. The Kier molecular flexibility index (Phi) is 4.64. The summed E-state index contributed by atoms with van der Waals surface area (Å²) in [5, 5.41) is 7.79. The van der Waals surface area contributed by atoms with Crippen molar-refractivity contribution in [3.05, 3.63) is 17.2 Å². The van der Waals surface area contributed by atoms with E-state index in [1.165, 1.54) is 25.7 Å². The van der Waals surface area contributed by atoms with Crippen molar-refractivity contribution in [3.8, 4) is 11.5 Å². The zero-order chi connectivity index (χ0) is 15.7. The number of nitrogens with one attached hydrogen (secondary N) is 2. The Bertz CT molecular complexity index is 582. The van der Waals surface area contributed by atoms with Gasteiger partial charge in [-0.2, -0.15) is 0 Å². The van der Waals surface area contributed by atoms with Crippen molar-refractivity contribution in [1.29, 1.82) is 0 Å². The zero-order valence-corrected chi connectivity index (χ0v) is 14.4. The summed E-state index contributed by atoms with van der Waals surface area (Å²) in [5.74, 6) is 2.88. The van der Waals surface area contributed by atoms with Gasteiger partial charge in [-0.1, -0.05) is 18.0 Å². The number of hydrogen-bond acceptors (Lipinski definition) is 3. The molecule has 2 aliphatic rings. The van der Waals surface area contributed by atoms with Crippen LogP contribution in [0.4, 0.5) is 5.69 Å². The molecule has 0 saturated heterocycles. The highest BCUT2D eigenvalue weighted by Crippen LogP contribution is 2.44. The molecule has 0 heterocycles. The van der Waals surface area contributed by atoms with Crippen LogP contribution in [0.5, 0.6) is 11.5 Å². The molecule has 2 saturated carbocycles. The summed E-state index contributed by atoms with van der Waals surface area (Å²) in [4.78, 5) is 0. The molecule has 0 amide bonds. The fraction of sp³-hybridized carbons (Fsp3) is 0.562. The lowest BCUT2D eigenvalue weighted by molar-refractivity contribution is 0.391. The minimum Gasteiger partial charge on any atom is -0.495 e. The first-order chi connectivity index (χ1) is 10.6. The highest BCUT2D eigenvalue weighted by atomic mass is 35.5. The fourth-order valence-corrected chi connectivity index (χ4v) is 4.21. The average Bonchev–Trinajstić information content (AvgIpc) is 3.10. The van der Waals surface area contributed by atoms with Gasteiger partial charge in [0.2, 0.25) is 0 Å². The summed E-state index contributed by atoms with van der Waals surface area (Å²) in [6.07, 6.45) is 5.28. The van der Waals surface area contributed by atoms with Crippen molar-refractivity contribution in [3.63, 3.8) is 0 Å². The second-order valence-corrected chi connectivity index (χ2v) is 6.88. The molecule has 1 aromatic rings. The van der Waals surface area contributed by atoms with E-state index >= 15 is 0 Å². The van der Waals surface area contributed by atoms with Gasteiger partial charge in [-0.05, 0) is 49.4 Å². The van der Waals surface area contributed by atoms with Crippen LogP contribution in [-0.2, 0) is 0 Å². The van der Waals surface area contributed by atoms with E-state index in [0.29, 0.717) is 27.7 Å². The predicted octanol–water partition coefficient (Wildman–Crippen LogP) is 3.83. The molecule has 0 spiro atoms. The number of anilines is 1. The Labute approximate surface area is 141 Å². The lowest BCUT2D eigenvalue weighted by Gasteiger charge is -2.25. The molecule has 0 radical (unpaired) electrons. The van der Waals surface area contributed by atoms with Crippen LogP contribution in [0.15, 0.2) is 12.1 Å². The van der Waals surface area contributed by atoms with E-state index in [2.05, 4.69) is 10.6 Å². The number of rotatable bonds is 4. The van der Waals surface area contributed by atoms with E-state index in [4.69, 9.17) is 33.3 Å². The lowest BCUT2D eigenvalue weighted by atomic mass is 9.96. The van der Waals surface area contributed by atoms with Crippen LogP contribution < -0.4 is 20.1 Å². The SMILES string of the molecule is COc1cc(OC)c(NC(=S)NC2CC3CCC2C3)cc1Cl. The Hall–Kier alpha value is -1.20. The van der Waals surface area contributed by atoms with Crippen LogP contribution in [0, 0.1) is 11.8 Å². The number of hydrogen-bond donors (Lipinski definition) is 2. The molecule has 3 atom stereocenters. The van der Waals surface area contributed by atoms with Crippen LogP contribution in [0.3, 0.4) is 0 Å². The fourth-order valence-electron chi connectivity index (χ4n) is 3.71. The standard InChI is InChI=1S/C16H21ClN2O2S/c1-20-14-8-15(21-2)13(7-11(14)17)19-16(22)18-12-6-9-3-4-10(12)5-9/h7-10,12H,3-6H2,1-2H3,(H2,18,19,22). The van der Waals surface area contributed by atoms with Crippen LogP contribution in [0.2, 0.25) is 5.02 Å². The Balaban J connectivity index is 1.67. The van der Waals surface area contributed by atoms with E-state index in [9.17, 15) is 0 Å². The molecular formula is C16H21ClN2O2S. The Morgan fingerprint density at radius 2 is 1.95 bits per heavy atom. The smallest absolute Gasteiger partial charge is 0.171 e. The molecule has 120 valence electrons. The van der Waals surface area contributed by atoms with Crippen molar-refractivity contribution in [1.82, 2.24) is 5.32 Å². The van der Waals surface area contributed by atoms with Gasteiger partial charge in [0.1, 0.15) is 11.5 Å². The molecular weight excluding hydrogens is 320 g/mol. The summed E-state index contributed by atoms with van der Waals surface area (Å²) in [5.41, 5.74) is 0.744. The molecule has 2 fully saturated rings. The van der Waals surface area contributed by atoms with Crippen LogP contribution in [0.25, 0.3) is 0 Å². The number of halogens is 1. The molecule has 6 heteroatoms. The van der Waals surface area contributed by atoms with Gasteiger partial charge in [0.15, 0.2) is 5.11 Å². The molecule has 2 N–H and O–H groups in total. The van der Waals surface area contributed by atoms with Gasteiger partial charge in [0, 0.05) is 12.1 Å². The van der Waals surface area contributed by atoms with Crippen molar-refractivity contribution in [2.45, 2.75) is 31.7 Å². The van der Waals surface area contributed by atoms with E-state index in [0.717, 1.165) is 17.5 Å². The van der Waals surface area contributed by atoms with E-state index in [1.54, 1.807) is 26.4 Å². The van der Waals surface area contributed by atoms with Crippen molar-refractivity contribution >= 4 is 34.6 Å². The van der Waals surface area contributed by atoms with E-state index < -0.39 is 0 Å². The Morgan fingerprint density at radius 1 is 1.18 bits per heavy atom. The molecule has 3 unspecified atom stereocenters. The van der Waals surface area contributed by atoms with Gasteiger partial charge in [-0.3, -0.25) is 0 Å². The van der Waals surface area contributed by atoms with Crippen LogP contribution >= 0.6 is 23.8 Å². The number of benzene rings is 1. The molecule has 3 rings (SSSR count). The minimum atomic E-state index is 0.499. The maximum atomic E-state index is 6.18. The second-order valence-electron chi connectivity index (χ2n) is 6.07. The molecule has 0 aromatic heterocycles. The average molecular weight is 341 g/mol. The molecule has 2 aliphatic carbocycles. The van der Waals surface area contributed by atoms with Gasteiger partial charge >= 0.3 is 0 Å². The van der Waals surface area contributed by atoms with Crippen LogP contribution in [-0.4, -0.2) is 25.4 Å². The lowest BCUT2D eigenvalue weighted by Crippen LogP contribution is -2.40. The van der Waals surface area contributed by atoms with Crippen LogP contribution in [0.1, 0.15) is 25.7 Å². The first-order valence-corrected chi connectivity index (χ1v) is 8.38. The minimum absolute atomic E-state index is 0.499. The first kappa shape index (κ1) is 15.7. The molecule has 1 aromatic carbocycles. The summed E-state index contributed by atoms with van der Waals surface area (Å²) in [6, 6.07) is 4.03. The number of methoxy groups -OCH3 is 2. The largest absolute Gasteiger partial charge is 0.495 e. The molecule has 0 aliphatic heterocycles. The summed E-state index contributed by atoms with van der Waals surface area (Å²) < 4.78 is 10.6. The van der Waals surface area contributed by atoms with E-state index in [-0.39, 0.29) is 0 Å². The third kappa shape index (κ3) is 3.10. The number of thiocarbonyl (C=S) groups is 1. The monoisotopic (exact) mass is 340 g/mol. The maximum absolute atomic E-state index is 6.18. The Morgan fingerprint density at radius 3 is 2.55 bits per heavy atom. The molecule has 22 heavy (non-hydrogen) atoms. The number of ether oxygens (including phenoxy) is 2. The van der Waals surface area contributed by atoms with Crippen molar-refractivity contribution in [2.75, 3.05) is 19.5 Å². The van der Waals surface area contributed by atoms with Crippen molar-refractivity contribution < 1.29 is 9.47 Å². The van der Waals surface area contributed by atoms with Gasteiger partial charge in [0.25, 0.3) is 0 Å². The third-order valence-electron chi connectivity index (χ3n) is 4.78. The summed E-state index contributed by atoms with van der Waals surface area (Å²) in [7, 11) is 3.19. The topological polar surface area (TPSA) is 42.5 Å². The predicted molar refractivity (Wildman–Crippen MR) is 93.1 cm³/mol. The normalized spacial score (nSPS) is 25.9. The van der Waals surface area contributed by atoms with Gasteiger partial charge < -0.3 is 20.1 Å². The highest BCUT2D eigenvalue weighted by Gasteiger charge is 2.39. The van der Waals surface area contributed by atoms with E-state index in [1.807, 2.05) is 0 Å². The number of fused-ring (bicyclic) bond motifs is 2. The first-order valence-electron chi connectivity index (χ1n) is 7.59. The second kappa shape index (κ2) is 6.50. The van der Waals surface area contributed by atoms with Gasteiger partial charge in [0.05, 0.1) is 24.9 Å². The highest BCUT2D eigenvalue weighted by molar-refractivity contribution is 7.80. The third-order valence-corrected chi connectivity index (χ3v) is 5.29. The molecule has 2 bridgehead atoms. The summed E-state index contributed by atoms with van der Waals surface area (Å²) >= 11 is 11.6. The zero-order valence-electron chi connectivity index (χ0n) is 12.8.